The molecule has 2 heterocycles. The third kappa shape index (κ3) is 4.01. The number of alkyl halides is 3. The highest BCUT2D eigenvalue weighted by Gasteiger charge is 2.51. The van der Waals surface area contributed by atoms with Gasteiger partial charge in [0.15, 0.2) is 16.6 Å². The number of fused-ring (bicyclic) bond motifs is 1. The van der Waals surface area contributed by atoms with Gasteiger partial charge in [0, 0.05) is 11.8 Å². The summed E-state index contributed by atoms with van der Waals surface area (Å²) in [6.07, 6.45) is -5.72. The maximum absolute atomic E-state index is 13.5. The molecule has 0 aliphatic carbocycles. The van der Waals surface area contributed by atoms with E-state index in [2.05, 4.69) is 4.74 Å². The molecule has 0 saturated carbocycles. The topological polar surface area (TPSA) is 92.1 Å². The molecule has 0 bridgehead atoms. The summed E-state index contributed by atoms with van der Waals surface area (Å²) in [6, 6.07) is 9.19. The number of hydrogen-bond acceptors (Lipinski definition) is 7. The minimum absolute atomic E-state index is 0.0538. The van der Waals surface area contributed by atoms with Gasteiger partial charge < -0.3 is 19.1 Å². The fourth-order valence-corrected chi connectivity index (χ4v) is 4.43. The number of hydrogen-bond donors (Lipinski definition) is 0. The van der Waals surface area contributed by atoms with Gasteiger partial charge in [-0.25, -0.2) is 4.79 Å². The predicted molar refractivity (Wildman–Crippen MR) is 121 cm³/mol. The van der Waals surface area contributed by atoms with Gasteiger partial charge in [-0.3, -0.25) is 9.69 Å². The summed E-state index contributed by atoms with van der Waals surface area (Å²) in [5.41, 5.74) is -2.67. The Kier molecular flexibility index (Phi) is 5.84. The standard InChI is InChI=1S/C23H18F3N3O5S/c1-22(2)20(31)28(13-5-4-12(10-27)15(8-13)23(24,25)26)21(35)29(22)14-6-7-16-17(9-14)33-11-18(34-16)19(30)32-3/h4-9,18H,11H2,1-3H3. The monoisotopic (exact) mass is 505 g/mol. The molecule has 1 fully saturated rings. The number of methoxy groups -OCH3 is 1. The average Bonchev–Trinajstić information content (AvgIpc) is 3.00. The number of rotatable bonds is 3. The number of carbonyl (C=O) groups excluding carboxylic acids is 2. The van der Waals surface area contributed by atoms with E-state index in [0.29, 0.717) is 11.4 Å². The van der Waals surface area contributed by atoms with Gasteiger partial charge in [-0.1, -0.05) is 0 Å². The first-order valence-electron chi connectivity index (χ1n) is 10.2. The second-order valence-corrected chi connectivity index (χ2v) is 8.59. The van der Waals surface area contributed by atoms with Crippen LogP contribution in [0.5, 0.6) is 11.5 Å². The van der Waals surface area contributed by atoms with E-state index in [-0.39, 0.29) is 23.2 Å². The zero-order valence-electron chi connectivity index (χ0n) is 18.7. The van der Waals surface area contributed by atoms with E-state index in [1.807, 2.05) is 0 Å². The van der Waals surface area contributed by atoms with E-state index < -0.39 is 40.8 Å². The summed E-state index contributed by atoms with van der Waals surface area (Å²) in [7, 11) is 1.23. The lowest BCUT2D eigenvalue weighted by atomic mass is 10.0. The van der Waals surface area contributed by atoms with Crippen molar-refractivity contribution < 1.29 is 37.0 Å². The highest BCUT2D eigenvalue weighted by molar-refractivity contribution is 7.81. The van der Waals surface area contributed by atoms with Gasteiger partial charge in [0.05, 0.1) is 30.0 Å². The molecular weight excluding hydrogens is 487 g/mol. The third-order valence-electron chi connectivity index (χ3n) is 5.66. The summed E-state index contributed by atoms with van der Waals surface area (Å²) in [5, 5.41) is 9.01. The molecule has 0 N–H and O–H groups in total. The highest BCUT2D eigenvalue weighted by atomic mass is 32.1. The van der Waals surface area contributed by atoms with Crippen LogP contribution in [0.1, 0.15) is 25.0 Å². The number of amides is 1. The van der Waals surface area contributed by atoms with Crippen LogP contribution < -0.4 is 19.3 Å². The molecule has 2 aromatic carbocycles. The van der Waals surface area contributed by atoms with Crippen LogP contribution in [0.15, 0.2) is 36.4 Å². The number of benzene rings is 2. The number of ether oxygens (including phenoxy) is 3. The van der Waals surface area contributed by atoms with Gasteiger partial charge in [0.25, 0.3) is 5.91 Å². The molecule has 2 aliphatic heterocycles. The SMILES string of the molecule is COC(=O)C1COc2cc(N3C(=S)N(c4ccc(C#N)c(C(F)(F)F)c4)C(=O)C3(C)C)ccc2O1. The normalized spacial score (nSPS) is 18.9. The Morgan fingerprint density at radius 3 is 2.51 bits per heavy atom. The zero-order chi connectivity index (χ0) is 25.7. The maximum Gasteiger partial charge on any atom is 0.417 e. The average molecular weight is 505 g/mol. The molecule has 1 amide bonds. The number of nitrogens with zero attached hydrogens (tertiary/aromatic N) is 3. The Morgan fingerprint density at radius 1 is 1.20 bits per heavy atom. The first-order valence-corrected chi connectivity index (χ1v) is 10.6. The lowest BCUT2D eigenvalue weighted by Gasteiger charge is -2.31. The number of anilines is 2. The number of halogens is 3. The van der Waals surface area contributed by atoms with Gasteiger partial charge in [-0.15, -0.1) is 0 Å². The van der Waals surface area contributed by atoms with E-state index >= 15 is 0 Å². The summed E-state index contributed by atoms with van der Waals surface area (Å²) in [5.74, 6) is -0.572. The van der Waals surface area contributed by atoms with Crippen molar-refractivity contribution in [1.82, 2.24) is 0 Å². The number of nitriles is 1. The first-order chi connectivity index (χ1) is 16.4. The van der Waals surface area contributed by atoms with Gasteiger partial charge in [-0.05, 0) is 56.4 Å². The molecule has 1 unspecified atom stereocenters. The maximum atomic E-state index is 13.5. The van der Waals surface area contributed by atoms with Crippen molar-refractivity contribution in [1.29, 1.82) is 5.26 Å². The van der Waals surface area contributed by atoms with Crippen LogP contribution in [0.3, 0.4) is 0 Å². The van der Waals surface area contributed by atoms with Crippen LogP contribution in [0.4, 0.5) is 24.5 Å². The molecule has 4 rings (SSSR count). The van der Waals surface area contributed by atoms with Crippen LogP contribution in [0.25, 0.3) is 0 Å². The van der Waals surface area contributed by atoms with Crippen molar-refractivity contribution in [2.24, 2.45) is 0 Å². The minimum atomic E-state index is -4.79. The summed E-state index contributed by atoms with van der Waals surface area (Å²) < 4.78 is 56.4. The van der Waals surface area contributed by atoms with Crippen molar-refractivity contribution >= 4 is 40.6 Å². The smallest absolute Gasteiger partial charge is 0.417 e. The van der Waals surface area contributed by atoms with E-state index in [1.54, 1.807) is 26.0 Å². The fraction of sp³-hybridized carbons (Fsp3) is 0.304. The fourth-order valence-electron chi connectivity index (χ4n) is 3.91. The van der Waals surface area contributed by atoms with E-state index in [0.717, 1.165) is 17.0 Å². The predicted octanol–water partition coefficient (Wildman–Crippen LogP) is 3.81. The largest absolute Gasteiger partial charge is 0.485 e. The molecule has 1 saturated heterocycles. The molecule has 0 spiro atoms. The van der Waals surface area contributed by atoms with Gasteiger partial charge in [-0.2, -0.15) is 18.4 Å². The van der Waals surface area contributed by atoms with Gasteiger partial charge in [0.2, 0.25) is 6.10 Å². The summed E-state index contributed by atoms with van der Waals surface area (Å²) in [4.78, 5) is 27.6. The summed E-state index contributed by atoms with van der Waals surface area (Å²) >= 11 is 5.52. The Bertz CT molecular complexity index is 1290. The van der Waals surface area contributed by atoms with Gasteiger partial charge in [0.1, 0.15) is 12.1 Å². The van der Waals surface area contributed by atoms with Crippen LogP contribution in [0, 0.1) is 11.3 Å². The van der Waals surface area contributed by atoms with Crippen LogP contribution in [0.2, 0.25) is 0 Å². The Morgan fingerprint density at radius 2 is 1.89 bits per heavy atom. The third-order valence-corrected chi connectivity index (χ3v) is 6.03. The quantitative estimate of drug-likeness (QED) is 0.460. The van der Waals surface area contributed by atoms with Crippen molar-refractivity contribution in [3.05, 3.63) is 47.5 Å². The minimum Gasteiger partial charge on any atom is -0.485 e. The molecule has 12 heteroatoms. The lowest BCUT2D eigenvalue weighted by molar-refractivity contribution is -0.151. The van der Waals surface area contributed by atoms with Crippen molar-refractivity contribution in [2.45, 2.75) is 31.7 Å². The molecule has 8 nitrogen and oxygen atoms in total. The second kappa shape index (κ2) is 8.42. The van der Waals surface area contributed by atoms with Crippen LogP contribution in [-0.2, 0) is 20.5 Å². The molecule has 0 aromatic heterocycles. The molecule has 182 valence electrons. The van der Waals surface area contributed by atoms with Crippen LogP contribution >= 0.6 is 12.2 Å². The highest BCUT2D eigenvalue weighted by Crippen LogP contribution is 2.42. The molecule has 2 aliphatic rings. The number of carbonyl (C=O) groups is 2. The van der Waals surface area contributed by atoms with E-state index in [1.165, 1.54) is 30.2 Å². The zero-order valence-corrected chi connectivity index (χ0v) is 19.5. The Hall–Kier alpha value is -3.85. The molecule has 0 radical (unpaired) electrons. The van der Waals surface area contributed by atoms with Gasteiger partial charge >= 0.3 is 12.1 Å². The van der Waals surface area contributed by atoms with E-state index in [4.69, 9.17) is 27.0 Å². The van der Waals surface area contributed by atoms with Crippen molar-refractivity contribution in [3.8, 4) is 17.6 Å². The molecular formula is C23H18F3N3O5S. The lowest BCUT2D eigenvalue weighted by Crippen LogP contribution is -2.44. The summed E-state index contributed by atoms with van der Waals surface area (Å²) in [6.45, 7) is 3.08. The molecule has 2 aromatic rings. The second-order valence-electron chi connectivity index (χ2n) is 8.23. The molecule has 1 atom stereocenters. The van der Waals surface area contributed by atoms with Crippen molar-refractivity contribution in [3.63, 3.8) is 0 Å². The number of thiocarbonyl (C=S) groups is 1. The molecule has 35 heavy (non-hydrogen) atoms. The van der Waals surface area contributed by atoms with E-state index in [9.17, 15) is 22.8 Å². The van der Waals surface area contributed by atoms with Crippen LogP contribution in [-0.4, -0.2) is 42.3 Å². The first kappa shape index (κ1) is 24.3. The Balaban J connectivity index is 1.71. The number of esters is 1. The Labute approximate surface area is 203 Å². The van der Waals surface area contributed by atoms with Crippen molar-refractivity contribution in [2.75, 3.05) is 23.5 Å².